The van der Waals surface area contributed by atoms with Crippen LogP contribution in [0.1, 0.15) is 26.2 Å². The van der Waals surface area contributed by atoms with Crippen molar-refractivity contribution in [1.29, 1.82) is 0 Å². The predicted molar refractivity (Wildman–Crippen MR) is 118 cm³/mol. The molecule has 15 heteroatoms. The molecular formula is C19H34N8O7. The molecule has 0 aromatic rings. The number of carbonyl (C=O) groups is 6. The molecule has 34 heavy (non-hydrogen) atoms. The third-order valence-electron chi connectivity index (χ3n) is 5.42. The SMILES string of the molecule is COC(N)NC(=O)[C@H](CN)NC(=O)[C@@H]1CCCN1C(=O)[C@H](CC(N)=O)NC(=O)[C@H](C)N(C)C=O. The number of nitrogens with one attached hydrogen (secondary N) is 3. The minimum absolute atomic E-state index is 0.180. The number of primary amides is 1. The van der Waals surface area contributed by atoms with Crippen LogP contribution in [-0.4, -0.2) is 104 Å². The van der Waals surface area contributed by atoms with Crippen LogP contribution >= 0.6 is 0 Å². The van der Waals surface area contributed by atoms with Crippen LogP contribution in [0.25, 0.3) is 0 Å². The van der Waals surface area contributed by atoms with Gasteiger partial charge in [0.15, 0.2) is 6.35 Å². The zero-order valence-electron chi connectivity index (χ0n) is 19.5. The van der Waals surface area contributed by atoms with Gasteiger partial charge in [0.1, 0.15) is 24.2 Å². The normalized spacial score (nSPS) is 18.7. The Labute approximate surface area is 197 Å². The highest BCUT2D eigenvalue weighted by Crippen LogP contribution is 2.19. The Hall–Kier alpha value is -3.30. The topological polar surface area (TPSA) is 232 Å². The molecule has 0 aromatic carbocycles. The van der Waals surface area contributed by atoms with E-state index >= 15 is 0 Å². The Morgan fingerprint density at radius 2 is 1.79 bits per heavy atom. The second kappa shape index (κ2) is 13.4. The van der Waals surface area contributed by atoms with Crippen molar-refractivity contribution >= 4 is 35.9 Å². The Balaban J connectivity index is 2.96. The summed E-state index contributed by atoms with van der Waals surface area (Å²) in [5, 5.41) is 7.21. The number of hydrogen-bond acceptors (Lipinski definition) is 9. The van der Waals surface area contributed by atoms with Crippen LogP contribution < -0.4 is 33.2 Å². The van der Waals surface area contributed by atoms with E-state index in [-0.39, 0.29) is 19.5 Å². The molecule has 1 heterocycles. The Bertz CT molecular complexity index is 780. The predicted octanol–water partition coefficient (Wildman–Crippen LogP) is -4.74. The minimum atomic E-state index is -1.34. The molecule has 0 aliphatic carbocycles. The number of amides is 6. The van der Waals surface area contributed by atoms with E-state index in [0.29, 0.717) is 12.8 Å². The van der Waals surface area contributed by atoms with E-state index in [0.717, 1.165) is 4.90 Å². The molecule has 192 valence electrons. The summed E-state index contributed by atoms with van der Waals surface area (Å²) in [7, 11) is 2.66. The number of nitrogens with two attached hydrogens (primary N) is 3. The minimum Gasteiger partial charge on any atom is -0.370 e. The first-order valence-corrected chi connectivity index (χ1v) is 10.6. The molecular weight excluding hydrogens is 452 g/mol. The van der Waals surface area contributed by atoms with E-state index in [1.165, 1.54) is 26.0 Å². The van der Waals surface area contributed by atoms with Gasteiger partial charge in [0.2, 0.25) is 35.9 Å². The average molecular weight is 487 g/mol. The summed E-state index contributed by atoms with van der Waals surface area (Å²) >= 11 is 0. The van der Waals surface area contributed by atoms with Crippen molar-refractivity contribution in [3.63, 3.8) is 0 Å². The third kappa shape index (κ3) is 7.93. The van der Waals surface area contributed by atoms with Crippen LogP contribution in [0.2, 0.25) is 0 Å². The lowest BCUT2D eigenvalue weighted by molar-refractivity contribution is -0.143. The van der Waals surface area contributed by atoms with Gasteiger partial charge in [-0.3, -0.25) is 34.5 Å². The molecule has 5 atom stereocenters. The van der Waals surface area contributed by atoms with Crippen LogP contribution in [0.4, 0.5) is 0 Å². The first-order valence-electron chi connectivity index (χ1n) is 10.6. The van der Waals surface area contributed by atoms with Gasteiger partial charge in [0.25, 0.3) is 0 Å². The van der Waals surface area contributed by atoms with Crippen LogP contribution in [0.3, 0.4) is 0 Å². The second-order valence-corrected chi connectivity index (χ2v) is 7.83. The van der Waals surface area contributed by atoms with Crippen molar-refractivity contribution in [2.45, 2.75) is 56.7 Å². The van der Waals surface area contributed by atoms with Crippen molar-refractivity contribution in [3.05, 3.63) is 0 Å². The summed E-state index contributed by atoms with van der Waals surface area (Å²) in [5.41, 5.74) is 16.3. The smallest absolute Gasteiger partial charge is 0.246 e. The van der Waals surface area contributed by atoms with Gasteiger partial charge in [-0.25, -0.2) is 0 Å². The van der Waals surface area contributed by atoms with Crippen molar-refractivity contribution in [3.8, 4) is 0 Å². The molecule has 1 aliphatic rings. The first-order chi connectivity index (χ1) is 16.0. The summed E-state index contributed by atoms with van der Waals surface area (Å²) in [5.74, 6) is -3.52. The molecule has 1 unspecified atom stereocenters. The van der Waals surface area contributed by atoms with Gasteiger partial charge in [0, 0.05) is 27.2 Å². The lowest BCUT2D eigenvalue weighted by Crippen LogP contribution is -2.60. The summed E-state index contributed by atoms with van der Waals surface area (Å²) in [6.07, 6.45) is -0.397. The number of carbonyl (C=O) groups excluding carboxylic acids is 6. The molecule has 0 saturated carbocycles. The van der Waals surface area contributed by atoms with Crippen LogP contribution in [0.15, 0.2) is 0 Å². The molecule has 9 N–H and O–H groups in total. The van der Waals surface area contributed by atoms with Crippen molar-refractivity contribution in [1.82, 2.24) is 25.8 Å². The molecule has 6 amide bonds. The lowest BCUT2D eigenvalue weighted by Gasteiger charge is -2.30. The number of likely N-dealkylation sites (N-methyl/N-ethyl adjacent to an activating group) is 1. The average Bonchev–Trinajstić information content (AvgIpc) is 3.29. The van der Waals surface area contributed by atoms with Gasteiger partial charge in [-0.1, -0.05) is 0 Å². The number of hydrogen-bond donors (Lipinski definition) is 6. The number of likely N-dealkylation sites (tertiary alicyclic amines) is 1. The maximum absolute atomic E-state index is 13.2. The maximum atomic E-state index is 13.2. The van der Waals surface area contributed by atoms with E-state index in [9.17, 15) is 28.8 Å². The first kappa shape index (κ1) is 28.7. The van der Waals surface area contributed by atoms with Crippen LogP contribution in [0.5, 0.6) is 0 Å². The number of nitrogens with zero attached hydrogens (tertiary/aromatic N) is 2. The molecule has 15 nitrogen and oxygen atoms in total. The van der Waals surface area contributed by atoms with Gasteiger partial charge >= 0.3 is 0 Å². The van der Waals surface area contributed by atoms with Crippen LogP contribution in [-0.2, 0) is 33.5 Å². The summed E-state index contributed by atoms with van der Waals surface area (Å²) in [6, 6.07) is -4.35. The largest absolute Gasteiger partial charge is 0.370 e. The van der Waals surface area contributed by atoms with E-state index in [2.05, 4.69) is 16.0 Å². The highest BCUT2D eigenvalue weighted by molar-refractivity contribution is 5.97. The van der Waals surface area contributed by atoms with Gasteiger partial charge in [-0.2, -0.15) is 0 Å². The molecule has 1 saturated heterocycles. The Morgan fingerprint density at radius 3 is 2.32 bits per heavy atom. The van der Waals surface area contributed by atoms with E-state index in [1.807, 2.05) is 0 Å². The van der Waals surface area contributed by atoms with E-state index < -0.39 is 66.5 Å². The highest BCUT2D eigenvalue weighted by Gasteiger charge is 2.39. The number of ether oxygens (including phenoxy) is 1. The molecule has 0 aromatic heterocycles. The lowest BCUT2D eigenvalue weighted by atomic mass is 10.1. The van der Waals surface area contributed by atoms with Crippen molar-refractivity contribution < 1.29 is 33.5 Å². The quantitative estimate of drug-likeness (QED) is 0.108. The molecule has 1 aliphatic heterocycles. The zero-order chi connectivity index (χ0) is 26.0. The van der Waals surface area contributed by atoms with Crippen LogP contribution in [0, 0.1) is 0 Å². The zero-order valence-corrected chi connectivity index (χ0v) is 19.5. The summed E-state index contributed by atoms with van der Waals surface area (Å²) in [6.45, 7) is 1.38. The number of methoxy groups -OCH3 is 1. The highest BCUT2D eigenvalue weighted by atomic mass is 16.5. The fraction of sp³-hybridized carbons (Fsp3) is 0.684. The second-order valence-electron chi connectivity index (χ2n) is 7.83. The van der Waals surface area contributed by atoms with Gasteiger partial charge in [-0.05, 0) is 19.8 Å². The molecule has 1 fully saturated rings. The van der Waals surface area contributed by atoms with Crippen molar-refractivity contribution in [2.75, 3.05) is 27.2 Å². The fourth-order valence-corrected chi connectivity index (χ4v) is 3.27. The van der Waals surface area contributed by atoms with Gasteiger partial charge in [0.05, 0.1) is 6.42 Å². The third-order valence-corrected chi connectivity index (χ3v) is 5.42. The van der Waals surface area contributed by atoms with Gasteiger partial charge in [-0.15, -0.1) is 0 Å². The molecule has 0 radical (unpaired) electrons. The summed E-state index contributed by atoms with van der Waals surface area (Å²) in [4.78, 5) is 75.5. The monoisotopic (exact) mass is 486 g/mol. The van der Waals surface area contributed by atoms with Crippen molar-refractivity contribution in [2.24, 2.45) is 17.2 Å². The summed E-state index contributed by atoms with van der Waals surface area (Å²) < 4.78 is 4.74. The van der Waals surface area contributed by atoms with E-state index in [4.69, 9.17) is 21.9 Å². The maximum Gasteiger partial charge on any atom is 0.246 e. The fourth-order valence-electron chi connectivity index (χ4n) is 3.27. The van der Waals surface area contributed by atoms with E-state index in [1.54, 1.807) is 0 Å². The van der Waals surface area contributed by atoms with Gasteiger partial charge < -0.3 is 42.0 Å². The molecule has 1 rings (SSSR count). The number of rotatable bonds is 13. The molecule has 0 bridgehead atoms. The Kier molecular flexibility index (Phi) is 11.3. The standard InChI is InChI=1S/C19H34N8O7/c1-10(26(2)9-28)15(30)23-11(7-14(21)29)18(33)27-6-4-5-13(27)17(32)24-12(8-20)16(31)25-19(22)34-3/h9-13,19H,4-8,20,22H2,1-3H3,(H2,21,29)(H,23,30)(H,24,32)(H,25,31)/t10-,11-,12-,13-,19?/m0/s1. The Morgan fingerprint density at radius 1 is 1.15 bits per heavy atom. The molecule has 0 spiro atoms.